The summed E-state index contributed by atoms with van der Waals surface area (Å²) in [6.07, 6.45) is 0.793. The summed E-state index contributed by atoms with van der Waals surface area (Å²) in [5.41, 5.74) is 2.90. The van der Waals surface area contributed by atoms with E-state index in [0.717, 1.165) is 23.2 Å². The second-order valence-corrected chi connectivity index (χ2v) is 6.27. The van der Waals surface area contributed by atoms with Gasteiger partial charge in [0, 0.05) is 23.2 Å². The Morgan fingerprint density at radius 2 is 2.12 bits per heavy atom. The number of hydrogen-bond donors (Lipinski definition) is 3. The summed E-state index contributed by atoms with van der Waals surface area (Å²) in [6.45, 7) is 3.83. The van der Waals surface area contributed by atoms with Crippen molar-refractivity contribution < 1.29 is 9.18 Å². The average Bonchev–Trinajstić information content (AvgIpc) is 3.25. The van der Waals surface area contributed by atoms with Gasteiger partial charge in [-0.1, -0.05) is 12.1 Å². The van der Waals surface area contributed by atoms with Gasteiger partial charge in [-0.05, 0) is 49.6 Å². The molecule has 1 aliphatic carbocycles. The minimum absolute atomic E-state index is 0.00389. The van der Waals surface area contributed by atoms with Gasteiger partial charge >= 0.3 is 6.03 Å². The first-order valence-electron chi connectivity index (χ1n) is 7.93. The number of H-pyrrole nitrogens is 1. The fourth-order valence-corrected chi connectivity index (χ4v) is 2.95. The molecule has 2 atom stereocenters. The summed E-state index contributed by atoms with van der Waals surface area (Å²) in [4.78, 5) is 26.6. The van der Waals surface area contributed by atoms with Crippen LogP contribution in [0.2, 0.25) is 0 Å². The molecule has 0 saturated heterocycles. The van der Waals surface area contributed by atoms with E-state index >= 15 is 0 Å². The molecule has 3 N–H and O–H groups in total. The predicted molar refractivity (Wildman–Crippen MR) is 89.5 cm³/mol. The molecular weight excluding hydrogens is 309 g/mol. The van der Waals surface area contributed by atoms with Crippen LogP contribution in [0.1, 0.15) is 34.7 Å². The normalized spacial score (nSPS) is 19.0. The zero-order valence-electron chi connectivity index (χ0n) is 13.7. The smallest absolute Gasteiger partial charge is 0.315 e. The fraction of sp³-hybridized carbons (Fsp3) is 0.333. The van der Waals surface area contributed by atoms with Gasteiger partial charge in [0.1, 0.15) is 5.82 Å². The van der Waals surface area contributed by atoms with Gasteiger partial charge in [-0.15, -0.1) is 0 Å². The molecule has 3 rings (SSSR count). The number of hydrogen-bond acceptors (Lipinski definition) is 2. The molecule has 1 aliphatic rings. The Labute approximate surface area is 139 Å². The number of halogens is 1. The van der Waals surface area contributed by atoms with Crippen molar-refractivity contribution in [3.8, 4) is 0 Å². The Hall–Kier alpha value is -2.63. The number of rotatable bonds is 4. The van der Waals surface area contributed by atoms with Gasteiger partial charge in [-0.3, -0.25) is 4.79 Å². The summed E-state index contributed by atoms with van der Waals surface area (Å²) >= 11 is 0. The lowest BCUT2D eigenvalue weighted by molar-refractivity contribution is 0.240. The third-order valence-corrected chi connectivity index (χ3v) is 4.30. The number of aryl methyl sites for hydroxylation is 2. The van der Waals surface area contributed by atoms with Gasteiger partial charge < -0.3 is 15.6 Å². The highest BCUT2D eigenvalue weighted by Gasteiger charge is 2.39. The molecular formula is C18H20FN3O2. The number of amides is 2. The highest BCUT2D eigenvalue weighted by molar-refractivity contribution is 5.75. The van der Waals surface area contributed by atoms with E-state index in [1.165, 1.54) is 12.1 Å². The van der Waals surface area contributed by atoms with Crippen LogP contribution in [0, 0.1) is 19.7 Å². The molecule has 126 valence electrons. The molecule has 0 bridgehead atoms. The third-order valence-electron chi connectivity index (χ3n) is 4.30. The molecule has 24 heavy (non-hydrogen) atoms. The van der Waals surface area contributed by atoms with E-state index in [-0.39, 0.29) is 35.9 Å². The van der Waals surface area contributed by atoms with Crippen LogP contribution in [0.15, 0.2) is 35.1 Å². The molecule has 0 aliphatic heterocycles. The minimum atomic E-state index is -0.321. The standard InChI is InChI=1S/C18H20FN3O2/c1-10-6-11(2)21-17(23)15(10)9-20-18(24)22-16-8-14(16)12-4-3-5-13(19)7-12/h3-7,14,16H,8-9H2,1-2H3,(H,21,23)(H2,20,22,24)/t14-,16+/m1/s1. The van der Waals surface area contributed by atoms with Crippen LogP contribution in [0.5, 0.6) is 0 Å². The Balaban J connectivity index is 1.54. The van der Waals surface area contributed by atoms with Crippen LogP contribution in [0.25, 0.3) is 0 Å². The van der Waals surface area contributed by atoms with Crippen LogP contribution in [-0.4, -0.2) is 17.1 Å². The largest absolute Gasteiger partial charge is 0.335 e. The quantitative estimate of drug-likeness (QED) is 0.806. The molecule has 1 fully saturated rings. The predicted octanol–water partition coefficient (Wildman–Crippen LogP) is 2.49. The summed E-state index contributed by atoms with van der Waals surface area (Å²) < 4.78 is 13.2. The summed E-state index contributed by atoms with van der Waals surface area (Å²) in [7, 11) is 0. The minimum Gasteiger partial charge on any atom is -0.335 e. The molecule has 0 unspecified atom stereocenters. The van der Waals surface area contributed by atoms with Crippen LogP contribution in [0.3, 0.4) is 0 Å². The SMILES string of the molecule is Cc1cc(C)c(CNC(=O)N[C@H]2C[C@@H]2c2cccc(F)c2)c(=O)[nH]1. The topological polar surface area (TPSA) is 74.0 Å². The van der Waals surface area contributed by atoms with Crippen molar-refractivity contribution in [2.75, 3.05) is 0 Å². The van der Waals surface area contributed by atoms with E-state index in [1.54, 1.807) is 6.07 Å². The Morgan fingerprint density at radius 3 is 2.83 bits per heavy atom. The van der Waals surface area contributed by atoms with Crippen molar-refractivity contribution in [2.45, 2.75) is 38.8 Å². The molecule has 1 heterocycles. The number of urea groups is 1. The van der Waals surface area contributed by atoms with Gasteiger partial charge in [0.05, 0.1) is 6.54 Å². The molecule has 2 aromatic rings. The van der Waals surface area contributed by atoms with E-state index in [0.29, 0.717) is 5.56 Å². The lowest BCUT2D eigenvalue weighted by atomic mass is 10.1. The molecule has 0 spiro atoms. The zero-order chi connectivity index (χ0) is 17.3. The first-order chi connectivity index (χ1) is 11.4. The Kier molecular flexibility index (Phi) is 4.38. The molecule has 1 aromatic heterocycles. The molecule has 2 amide bonds. The number of carbonyl (C=O) groups is 1. The number of aromatic amines is 1. The van der Waals surface area contributed by atoms with Crippen molar-refractivity contribution in [1.82, 2.24) is 15.6 Å². The highest BCUT2D eigenvalue weighted by Crippen LogP contribution is 2.40. The first-order valence-corrected chi connectivity index (χ1v) is 7.93. The molecule has 1 aromatic carbocycles. The summed E-state index contributed by atoms with van der Waals surface area (Å²) in [5.74, 6) is -0.118. The maximum atomic E-state index is 13.2. The number of aromatic nitrogens is 1. The zero-order valence-corrected chi connectivity index (χ0v) is 13.7. The number of pyridine rings is 1. The van der Waals surface area contributed by atoms with Crippen LogP contribution >= 0.6 is 0 Å². The van der Waals surface area contributed by atoms with E-state index < -0.39 is 0 Å². The Morgan fingerprint density at radius 1 is 1.33 bits per heavy atom. The van der Waals surface area contributed by atoms with Gasteiger partial charge in [0.15, 0.2) is 0 Å². The van der Waals surface area contributed by atoms with Crippen molar-refractivity contribution in [3.05, 3.63) is 68.9 Å². The molecule has 6 heteroatoms. The summed E-state index contributed by atoms with van der Waals surface area (Å²) in [6, 6.07) is 8.00. The van der Waals surface area contributed by atoms with Crippen LogP contribution in [-0.2, 0) is 6.54 Å². The second-order valence-electron chi connectivity index (χ2n) is 6.27. The van der Waals surface area contributed by atoms with Gasteiger partial charge in [0.25, 0.3) is 5.56 Å². The average molecular weight is 329 g/mol. The summed E-state index contributed by atoms with van der Waals surface area (Å²) in [5, 5.41) is 5.57. The fourth-order valence-electron chi connectivity index (χ4n) is 2.95. The molecule has 1 saturated carbocycles. The maximum Gasteiger partial charge on any atom is 0.315 e. The third kappa shape index (κ3) is 3.64. The number of nitrogens with one attached hydrogen (secondary N) is 3. The highest BCUT2D eigenvalue weighted by atomic mass is 19.1. The number of carbonyl (C=O) groups excluding carboxylic acids is 1. The Bertz CT molecular complexity index is 831. The van der Waals surface area contributed by atoms with Crippen LogP contribution < -0.4 is 16.2 Å². The van der Waals surface area contributed by atoms with E-state index in [4.69, 9.17) is 0 Å². The van der Waals surface area contributed by atoms with Crippen molar-refractivity contribution in [3.63, 3.8) is 0 Å². The van der Waals surface area contributed by atoms with Crippen molar-refractivity contribution in [2.24, 2.45) is 0 Å². The molecule has 0 radical (unpaired) electrons. The lowest BCUT2D eigenvalue weighted by Crippen LogP contribution is -2.38. The van der Waals surface area contributed by atoms with E-state index in [1.807, 2.05) is 26.0 Å². The second kappa shape index (κ2) is 6.47. The van der Waals surface area contributed by atoms with Crippen molar-refractivity contribution >= 4 is 6.03 Å². The van der Waals surface area contributed by atoms with E-state index in [9.17, 15) is 14.0 Å². The van der Waals surface area contributed by atoms with E-state index in [2.05, 4.69) is 15.6 Å². The van der Waals surface area contributed by atoms with Crippen molar-refractivity contribution in [1.29, 1.82) is 0 Å². The molecule has 5 nitrogen and oxygen atoms in total. The number of benzene rings is 1. The van der Waals surface area contributed by atoms with Crippen LogP contribution in [0.4, 0.5) is 9.18 Å². The first kappa shape index (κ1) is 16.2. The van der Waals surface area contributed by atoms with Gasteiger partial charge in [0.2, 0.25) is 0 Å². The van der Waals surface area contributed by atoms with Gasteiger partial charge in [-0.2, -0.15) is 0 Å². The lowest BCUT2D eigenvalue weighted by Gasteiger charge is -2.09. The van der Waals surface area contributed by atoms with Gasteiger partial charge in [-0.25, -0.2) is 9.18 Å². The monoisotopic (exact) mass is 329 g/mol. The maximum absolute atomic E-state index is 13.2.